The number of hydrogen-bond donors (Lipinski definition) is 1. The van der Waals surface area contributed by atoms with Crippen molar-refractivity contribution in [1.29, 1.82) is 0 Å². The Morgan fingerprint density at radius 3 is 2.45 bits per heavy atom. The van der Waals surface area contributed by atoms with Crippen molar-refractivity contribution in [3.63, 3.8) is 0 Å². The molecule has 1 heterocycles. The first-order valence-corrected chi connectivity index (χ1v) is 9.69. The molecule has 0 bridgehead atoms. The fraction of sp³-hybridized carbons (Fsp3) is 0.160. The monoisotopic (exact) mass is 382 g/mol. The summed E-state index contributed by atoms with van der Waals surface area (Å²) in [5.74, 6) is 2.31. The van der Waals surface area contributed by atoms with E-state index >= 15 is 0 Å². The zero-order valence-corrected chi connectivity index (χ0v) is 16.5. The van der Waals surface area contributed by atoms with Crippen LogP contribution in [0, 0.1) is 0 Å². The summed E-state index contributed by atoms with van der Waals surface area (Å²) in [6.07, 6.45) is 0.863. The van der Waals surface area contributed by atoms with Gasteiger partial charge in [-0.2, -0.15) is 0 Å². The number of rotatable bonds is 3. The molecule has 0 saturated heterocycles. The van der Waals surface area contributed by atoms with Crippen LogP contribution in [0.3, 0.4) is 0 Å². The third kappa shape index (κ3) is 2.71. The molecule has 4 heteroatoms. The highest BCUT2D eigenvalue weighted by molar-refractivity contribution is 5.98. The number of nitrogen functional groups attached to an aromatic ring is 1. The second kappa shape index (κ2) is 6.82. The number of aromatic nitrogens is 1. The zero-order valence-electron chi connectivity index (χ0n) is 16.5. The highest BCUT2D eigenvalue weighted by atomic mass is 16.5. The molecule has 0 aliphatic heterocycles. The number of anilines is 1. The maximum atomic E-state index is 6.37. The first-order valence-electron chi connectivity index (χ1n) is 9.69. The van der Waals surface area contributed by atoms with Crippen LogP contribution in [0.2, 0.25) is 0 Å². The second-order valence-corrected chi connectivity index (χ2v) is 7.33. The van der Waals surface area contributed by atoms with E-state index in [1.54, 1.807) is 14.2 Å². The Morgan fingerprint density at radius 1 is 0.897 bits per heavy atom. The predicted octanol–water partition coefficient (Wildman–Crippen LogP) is 5.19. The third-order valence-corrected chi connectivity index (χ3v) is 5.84. The molecule has 1 aliphatic carbocycles. The number of hydrogen-bond acceptors (Lipinski definition) is 4. The molecular formula is C25H22N2O2. The van der Waals surface area contributed by atoms with E-state index in [0.717, 1.165) is 45.5 Å². The minimum atomic E-state index is 0.0861. The van der Waals surface area contributed by atoms with Crippen LogP contribution in [-0.2, 0) is 6.42 Å². The molecular weight excluding hydrogens is 360 g/mol. The number of nitrogens with two attached hydrogens (primary N) is 1. The van der Waals surface area contributed by atoms with Gasteiger partial charge in [0.15, 0.2) is 0 Å². The summed E-state index contributed by atoms with van der Waals surface area (Å²) in [4.78, 5) is 4.86. The first-order chi connectivity index (χ1) is 14.2. The molecule has 144 valence electrons. The highest BCUT2D eigenvalue weighted by Crippen LogP contribution is 2.48. The van der Waals surface area contributed by atoms with Crippen molar-refractivity contribution in [1.82, 2.24) is 4.98 Å². The molecule has 4 nitrogen and oxygen atoms in total. The lowest BCUT2D eigenvalue weighted by atomic mass is 9.75. The molecule has 5 rings (SSSR count). The van der Waals surface area contributed by atoms with Crippen LogP contribution in [0.1, 0.15) is 22.6 Å². The summed E-state index contributed by atoms with van der Waals surface area (Å²) in [7, 11) is 3.40. The van der Waals surface area contributed by atoms with Crippen molar-refractivity contribution in [3.8, 4) is 22.8 Å². The maximum absolute atomic E-state index is 6.37. The quantitative estimate of drug-likeness (QED) is 0.530. The van der Waals surface area contributed by atoms with Crippen molar-refractivity contribution in [2.45, 2.75) is 12.3 Å². The van der Waals surface area contributed by atoms with Gasteiger partial charge in [0.05, 0.1) is 19.9 Å². The van der Waals surface area contributed by atoms with Crippen molar-refractivity contribution in [3.05, 3.63) is 83.4 Å². The molecule has 0 radical (unpaired) electrons. The highest BCUT2D eigenvalue weighted by Gasteiger charge is 2.31. The van der Waals surface area contributed by atoms with E-state index in [2.05, 4.69) is 42.5 Å². The topological polar surface area (TPSA) is 57.4 Å². The van der Waals surface area contributed by atoms with Crippen LogP contribution in [0.4, 0.5) is 5.82 Å². The number of methoxy groups -OCH3 is 2. The molecule has 1 atom stereocenters. The van der Waals surface area contributed by atoms with Gasteiger partial charge in [0.1, 0.15) is 17.3 Å². The van der Waals surface area contributed by atoms with Crippen molar-refractivity contribution < 1.29 is 9.47 Å². The number of ether oxygens (including phenoxy) is 2. The van der Waals surface area contributed by atoms with E-state index in [9.17, 15) is 0 Å². The average Bonchev–Trinajstić information content (AvgIpc) is 2.78. The summed E-state index contributed by atoms with van der Waals surface area (Å²) < 4.78 is 11.3. The lowest BCUT2D eigenvalue weighted by Gasteiger charge is -2.30. The van der Waals surface area contributed by atoms with Crippen LogP contribution in [0.25, 0.3) is 22.0 Å². The minimum Gasteiger partial charge on any atom is -0.497 e. The van der Waals surface area contributed by atoms with E-state index in [4.69, 9.17) is 20.2 Å². The van der Waals surface area contributed by atoms with Crippen molar-refractivity contribution >= 4 is 16.6 Å². The van der Waals surface area contributed by atoms with Gasteiger partial charge in [-0.15, -0.1) is 0 Å². The second-order valence-electron chi connectivity index (χ2n) is 7.33. The maximum Gasteiger partial charge on any atom is 0.131 e. The summed E-state index contributed by atoms with van der Waals surface area (Å²) in [5.41, 5.74) is 12.0. The fourth-order valence-corrected chi connectivity index (χ4v) is 4.50. The predicted molar refractivity (Wildman–Crippen MR) is 117 cm³/mol. The van der Waals surface area contributed by atoms with E-state index in [1.165, 1.54) is 11.1 Å². The number of fused-ring (bicyclic) bond motifs is 5. The normalized spacial score (nSPS) is 14.9. The van der Waals surface area contributed by atoms with E-state index in [0.29, 0.717) is 5.82 Å². The summed E-state index contributed by atoms with van der Waals surface area (Å²) in [6, 6.07) is 22.7. The molecule has 1 aliphatic rings. The van der Waals surface area contributed by atoms with Crippen LogP contribution >= 0.6 is 0 Å². The van der Waals surface area contributed by atoms with Gasteiger partial charge in [-0.05, 0) is 41.1 Å². The molecule has 0 amide bonds. The minimum absolute atomic E-state index is 0.0861. The summed E-state index contributed by atoms with van der Waals surface area (Å²) >= 11 is 0. The van der Waals surface area contributed by atoms with Gasteiger partial charge in [0.25, 0.3) is 0 Å². The Morgan fingerprint density at radius 2 is 1.66 bits per heavy atom. The van der Waals surface area contributed by atoms with Crippen molar-refractivity contribution in [2.24, 2.45) is 0 Å². The Labute approximate surface area is 169 Å². The molecule has 2 N–H and O–H groups in total. The Kier molecular flexibility index (Phi) is 4.13. The Bertz CT molecular complexity index is 1230. The molecule has 4 aromatic rings. The van der Waals surface area contributed by atoms with Crippen LogP contribution in [-0.4, -0.2) is 19.2 Å². The lowest BCUT2D eigenvalue weighted by Crippen LogP contribution is -2.16. The zero-order chi connectivity index (χ0) is 20.0. The van der Waals surface area contributed by atoms with Gasteiger partial charge >= 0.3 is 0 Å². The largest absolute Gasteiger partial charge is 0.497 e. The lowest BCUT2D eigenvalue weighted by molar-refractivity contribution is 0.396. The number of nitrogens with zero attached hydrogens (tertiary/aromatic N) is 1. The van der Waals surface area contributed by atoms with Crippen LogP contribution in [0.15, 0.2) is 66.7 Å². The van der Waals surface area contributed by atoms with Crippen molar-refractivity contribution in [2.75, 3.05) is 20.0 Å². The molecule has 1 aromatic heterocycles. The van der Waals surface area contributed by atoms with Gasteiger partial charge in [0.2, 0.25) is 0 Å². The molecule has 0 unspecified atom stereocenters. The van der Waals surface area contributed by atoms with Crippen LogP contribution < -0.4 is 15.2 Å². The average molecular weight is 382 g/mol. The van der Waals surface area contributed by atoms with Gasteiger partial charge in [-0.25, -0.2) is 4.98 Å². The van der Waals surface area contributed by atoms with Crippen LogP contribution in [0.5, 0.6) is 11.5 Å². The van der Waals surface area contributed by atoms with Gasteiger partial charge in [-0.1, -0.05) is 48.5 Å². The molecule has 0 saturated carbocycles. The van der Waals surface area contributed by atoms with Gasteiger partial charge in [-0.3, -0.25) is 0 Å². The van der Waals surface area contributed by atoms with Gasteiger partial charge < -0.3 is 15.2 Å². The smallest absolute Gasteiger partial charge is 0.131 e. The van der Waals surface area contributed by atoms with E-state index in [-0.39, 0.29) is 5.92 Å². The first kappa shape index (κ1) is 17.6. The molecule has 0 fully saturated rings. The SMILES string of the molecule is COc1ccc(OC)c([C@H]2Cc3ccccc3-c3nc(N)c4ccccc4c32)c1. The van der Waals surface area contributed by atoms with E-state index < -0.39 is 0 Å². The summed E-state index contributed by atoms with van der Waals surface area (Å²) in [6.45, 7) is 0. The number of benzene rings is 3. The number of pyridine rings is 1. The Hall–Kier alpha value is -3.53. The van der Waals surface area contributed by atoms with E-state index in [1.807, 2.05) is 24.3 Å². The Balaban J connectivity index is 1.87. The van der Waals surface area contributed by atoms with Gasteiger partial charge in [0, 0.05) is 22.4 Å². The molecule has 29 heavy (non-hydrogen) atoms. The molecule has 0 spiro atoms. The standard InChI is InChI=1S/C25H22N2O2/c1-28-16-11-12-22(29-2)20(14-16)21-13-15-7-3-4-8-17(15)24-23(21)18-9-5-6-10-19(18)25(26)27-24/h3-12,14,21H,13H2,1-2H3,(H2,26,27)/t21-/m1/s1. The third-order valence-electron chi connectivity index (χ3n) is 5.84. The summed E-state index contributed by atoms with van der Waals surface area (Å²) in [5, 5.41) is 2.12. The fourth-order valence-electron chi connectivity index (χ4n) is 4.50. The molecule has 3 aromatic carbocycles.